The van der Waals surface area contributed by atoms with E-state index in [1.54, 1.807) is 43.0 Å². The summed E-state index contributed by atoms with van der Waals surface area (Å²) >= 11 is 5.89. The Hall–Kier alpha value is -3.12. The van der Waals surface area contributed by atoms with Crippen molar-refractivity contribution < 1.29 is 9.52 Å². The van der Waals surface area contributed by atoms with Crippen molar-refractivity contribution in [1.29, 1.82) is 0 Å². The van der Waals surface area contributed by atoms with E-state index in [4.69, 9.17) is 16.0 Å². The number of phenolic OH excluding ortho intramolecular Hbond substituents is 1. The van der Waals surface area contributed by atoms with Gasteiger partial charge in [0.1, 0.15) is 5.75 Å². The van der Waals surface area contributed by atoms with Crippen LogP contribution in [-0.2, 0) is 0 Å². The third kappa shape index (κ3) is 2.53. The predicted molar refractivity (Wildman–Crippen MR) is 91.4 cm³/mol. The molecule has 0 aliphatic carbocycles. The Balaban J connectivity index is 1.89. The largest absolute Gasteiger partial charge is 0.506 e. The van der Waals surface area contributed by atoms with Gasteiger partial charge in [-0.05, 0) is 24.3 Å². The molecule has 1 aromatic carbocycles. The third-order valence-electron chi connectivity index (χ3n) is 3.48. The molecule has 3 heterocycles. The zero-order valence-electron chi connectivity index (χ0n) is 12.3. The summed E-state index contributed by atoms with van der Waals surface area (Å²) < 4.78 is 5.86. The van der Waals surface area contributed by atoms with Gasteiger partial charge in [-0.15, -0.1) is 0 Å². The van der Waals surface area contributed by atoms with Crippen LogP contribution in [0.2, 0.25) is 5.02 Å². The van der Waals surface area contributed by atoms with E-state index in [2.05, 4.69) is 20.3 Å². The van der Waals surface area contributed by atoms with E-state index in [1.807, 2.05) is 6.07 Å². The highest BCUT2D eigenvalue weighted by molar-refractivity contribution is 6.30. The molecule has 0 spiro atoms. The Morgan fingerprint density at radius 3 is 2.71 bits per heavy atom. The molecule has 0 unspecified atom stereocenters. The molecule has 0 saturated carbocycles. The molecule has 4 aromatic rings. The van der Waals surface area contributed by atoms with Crippen LogP contribution in [0.4, 0.5) is 11.4 Å². The summed E-state index contributed by atoms with van der Waals surface area (Å²) in [5, 5.41) is 14.5. The number of rotatable bonds is 3. The van der Waals surface area contributed by atoms with E-state index in [0.717, 1.165) is 5.39 Å². The smallest absolute Gasteiger partial charge is 0.197 e. The van der Waals surface area contributed by atoms with Crippen LogP contribution in [0.1, 0.15) is 0 Å². The van der Waals surface area contributed by atoms with E-state index < -0.39 is 0 Å². The monoisotopic (exact) mass is 338 g/mol. The van der Waals surface area contributed by atoms with Crippen molar-refractivity contribution in [3.05, 3.63) is 60.1 Å². The summed E-state index contributed by atoms with van der Waals surface area (Å²) in [6.45, 7) is 0. The Morgan fingerprint density at radius 1 is 1.08 bits per heavy atom. The lowest BCUT2D eigenvalue weighted by Gasteiger charge is -2.09. The summed E-state index contributed by atoms with van der Waals surface area (Å²) in [4.78, 5) is 12.5. The average molecular weight is 339 g/mol. The number of halogens is 1. The lowest BCUT2D eigenvalue weighted by Crippen LogP contribution is -1.94. The summed E-state index contributed by atoms with van der Waals surface area (Å²) in [5.74, 6) is 0.934. The molecule has 0 aliphatic heterocycles. The van der Waals surface area contributed by atoms with E-state index in [1.165, 1.54) is 6.07 Å². The van der Waals surface area contributed by atoms with Crippen LogP contribution in [0.25, 0.3) is 22.6 Å². The van der Waals surface area contributed by atoms with Gasteiger partial charge in [-0.25, -0.2) is 9.97 Å². The molecule has 118 valence electrons. The minimum atomic E-state index is 0.0332. The maximum atomic E-state index is 10.1. The number of benzene rings is 1. The number of nitrogens with one attached hydrogen (secondary N) is 1. The Labute approximate surface area is 141 Å². The first-order valence-corrected chi connectivity index (χ1v) is 7.49. The summed E-state index contributed by atoms with van der Waals surface area (Å²) in [6.07, 6.45) is 6.56. The number of anilines is 2. The molecule has 6 nitrogen and oxygen atoms in total. The highest BCUT2D eigenvalue weighted by atomic mass is 35.5. The van der Waals surface area contributed by atoms with Crippen LogP contribution in [0.15, 0.2) is 59.5 Å². The second kappa shape index (κ2) is 5.82. The fraction of sp³-hybridized carbons (Fsp3) is 0. The summed E-state index contributed by atoms with van der Waals surface area (Å²) in [6, 6.07) is 8.39. The maximum Gasteiger partial charge on any atom is 0.197 e. The van der Waals surface area contributed by atoms with Gasteiger partial charge in [0.25, 0.3) is 0 Å². The Bertz CT molecular complexity index is 1020. The molecule has 0 atom stereocenters. The SMILES string of the molecule is Oc1cc(Cl)ccc1Nc1c(-c2ncccn2)oc2cnccc12. The van der Waals surface area contributed by atoms with Crippen molar-refractivity contribution in [3.63, 3.8) is 0 Å². The molecule has 3 aromatic heterocycles. The quantitative estimate of drug-likeness (QED) is 0.539. The lowest BCUT2D eigenvalue weighted by molar-refractivity contribution is 0.478. The van der Waals surface area contributed by atoms with Crippen molar-refractivity contribution in [1.82, 2.24) is 15.0 Å². The van der Waals surface area contributed by atoms with Gasteiger partial charge < -0.3 is 14.8 Å². The van der Waals surface area contributed by atoms with Crippen molar-refractivity contribution in [2.24, 2.45) is 0 Å². The molecule has 0 amide bonds. The Kier molecular flexibility index (Phi) is 3.51. The molecule has 0 fully saturated rings. The molecule has 0 bridgehead atoms. The fourth-order valence-corrected chi connectivity index (χ4v) is 2.56. The first-order valence-electron chi connectivity index (χ1n) is 7.12. The number of aromatic nitrogens is 3. The Morgan fingerprint density at radius 2 is 1.92 bits per heavy atom. The molecule has 2 N–H and O–H groups in total. The molecular weight excluding hydrogens is 328 g/mol. The van der Waals surface area contributed by atoms with Crippen molar-refractivity contribution in [2.75, 3.05) is 5.32 Å². The first kappa shape index (κ1) is 14.5. The van der Waals surface area contributed by atoms with Crippen LogP contribution in [0.5, 0.6) is 5.75 Å². The summed E-state index contributed by atoms with van der Waals surface area (Å²) in [7, 11) is 0. The number of fused-ring (bicyclic) bond motifs is 1. The minimum Gasteiger partial charge on any atom is -0.506 e. The van der Waals surface area contributed by atoms with Gasteiger partial charge in [0, 0.05) is 35.1 Å². The van der Waals surface area contributed by atoms with E-state index in [-0.39, 0.29) is 5.75 Å². The van der Waals surface area contributed by atoms with E-state index in [9.17, 15) is 5.11 Å². The van der Waals surface area contributed by atoms with Crippen LogP contribution < -0.4 is 5.32 Å². The lowest BCUT2D eigenvalue weighted by atomic mass is 10.2. The number of phenols is 1. The van der Waals surface area contributed by atoms with Gasteiger partial charge in [0.15, 0.2) is 17.2 Å². The van der Waals surface area contributed by atoms with Crippen molar-refractivity contribution >= 4 is 33.9 Å². The zero-order valence-corrected chi connectivity index (χ0v) is 13.0. The molecular formula is C17H11ClN4O2. The topological polar surface area (TPSA) is 84.1 Å². The normalized spacial score (nSPS) is 10.9. The average Bonchev–Trinajstić information content (AvgIpc) is 2.97. The standard InChI is InChI=1S/C17H11ClN4O2/c18-10-2-3-12(13(23)8-10)22-15-11-4-7-19-9-14(11)24-16(15)17-20-5-1-6-21-17/h1-9,22-23H. The second-order valence-corrected chi connectivity index (χ2v) is 5.47. The van der Waals surface area contributed by atoms with E-state index >= 15 is 0 Å². The van der Waals surface area contributed by atoms with Crippen LogP contribution in [-0.4, -0.2) is 20.1 Å². The number of hydrogen-bond donors (Lipinski definition) is 2. The molecule has 0 radical (unpaired) electrons. The van der Waals surface area contributed by atoms with Gasteiger partial charge in [0.2, 0.25) is 0 Å². The predicted octanol–water partition coefficient (Wildman–Crippen LogP) is 4.39. The molecule has 24 heavy (non-hydrogen) atoms. The van der Waals surface area contributed by atoms with Crippen LogP contribution in [0, 0.1) is 0 Å². The van der Waals surface area contributed by atoms with Gasteiger partial charge in [-0.1, -0.05) is 11.6 Å². The molecule has 0 aliphatic rings. The van der Waals surface area contributed by atoms with Crippen molar-refractivity contribution in [2.45, 2.75) is 0 Å². The summed E-state index contributed by atoms with van der Waals surface area (Å²) in [5.41, 5.74) is 1.74. The number of pyridine rings is 1. The van der Waals surface area contributed by atoms with Gasteiger partial charge in [-0.2, -0.15) is 0 Å². The highest BCUT2D eigenvalue weighted by Gasteiger charge is 2.19. The number of furan rings is 1. The molecule has 4 rings (SSSR count). The van der Waals surface area contributed by atoms with E-state index in [0.29, 0.717) is 33.6 Å². The third-order valence-corrected chi connectivity index (χ3v) is 3.72. The number of aromatic hydroxyl groups is 1. The maximum absolute atomic E-state index is 10.1. The first-order chi connectivity index (χ1) is 11.7. The zero-order chi connectivity index (χ0) is 16.5. The van der Waals surface area contributed by atoms with Gasteiger partial charge in [-0.3, -0.25) is 4.98 Å². The second-order valence-electron chi connectivity index (χ2n) is 5.04. The highest BCUT2D eigenvalue weighted by Crippen LogP contribution is 2.39. The van der Waals surface area contributed by atoms with Crippen LogP contribution >= 0.6 is 11.6 Å². The fourth-order valence-electron chi connectivity index (χ4n) is 2.39. The molecule has 7 heteroatoms. The van der Waals surface area contributed by atoms with Gasteiger partial charge in [0.05, 0.1) is 17.6 Å². The van der Waals surface area contributed by atoms with Crippen molar-refractivity contribution in [3.8, 4) is 17.3 Å². The van der Waals surface area contributed by atoms with Gasteiger partial charge >= 0.3 is 0 Å². The van der Waals surface area contributed by atoms with Crippen LogP contribution in [0.3, 0.4) is 0 Å². The number of nitrogens with zero attached hydrogens (tertiary/aromatic N) is 3. The molecule has 0 saturated heterocycles. The number of hydrogen-bond acceptors (Lipinski definition) is 6. The minimum absolute atomic E-state index is 0.0332.